The molecule has 6 heteroatoms. The number of amides is 1. The standard InChI is InChI=1S/C13H8F3NO2/c14-9-2-1-3-11(12(9)16)17-13(19)8-5-4-7(18)6-10(8)15/h1-6,18H,(H,17,19). The molecule has 0 heterocycles. The van der Waals surface area contributed by atoms with Crippen LogP contribution in [0, 0.1) is 17.5 Å². The summed E-state index contributed by atoms with van der Waals surface area (Å²) in [7, 11) is 0. The third kappa shape index (κ3) is 2.67. The van der Waals surface area contributed by atoms with Gasteiger partial charge in [0.25, 0.3) is 5.91 Å². The van der Waals surface area contributed by atoms with Gasteiger partial charge in [0.1, 0.15) is 11.6 Å². The number of carbonyl (C=O) groups excluding carboxylic acids is 1. The molecule has 0 radical (unpaired) electrons. The average molecular weight is 267 g/mol. The number of anilines is 1. The molecule has 0 aliphatic rings. The Morgan fingerprint density at radius 2 is 1.79 bits per heavy atom. The number of hydrogen-bond donors (Lipinski definition) is 2. The van der Waals surface area contributed by atoms with Crippen LogP contribution in [0.1, 0.15) is 10.4 Å². The highest BCUT2D eigenvalue weighted by atomic mass is 19.2. The molecule has 98 valence electrons. The van der Waals surface area contributed by atoms with Crippen LogP contribution >= 0.6 is 0 Å². The van der Waals surface area contributed by atoms with Gasteiger partial charge in [-0.3, -0.25) is 4.79 Å². The van der Waals surface area contributed by atoms with E-state index in [1.54, 1.807) is 0 Å². The highest BCUT2D eigenvalue weighted by molar-refractivity contribution is 6.04. The van der Waals surface area contributed by atoms with Gasteiger partial charge in [0, 0.05) is 6.07 Å². The van der Waals surface area contributed by atoms with E-state index in [0.29, 0.717) is 0 Å². The smallest absolute Gasteiger partial charge is 0.258 e. The van der Waals surface area contributed by atoms with Crippen molar-refractivity contribution in [2.45, 2.75) is 0 Å². The monoisotopic (exact) mass is 267 g/mol. The van der Waals surface area contributed by atoms with Crippen LogP contribution < -0.4 is 5.32 Å². The molecule has 0 aromatic heterocycles. The van der Waals surface area contributed by atoms with Gasteiger partial charge >= 0.3 is 0 Å². The molecule has 0 bridgehead atoms. The third-order valence-electron chi connectivity index (χ3n) is 2.40. The summed E-state index contributed by atoms with van der Waals surface area (Å²) in [6, 6.07) is 6.15. The fraction of sp³-hybridized carbons (Fsp3) is 0. The van der Waals surface area contributed by atoms with Crippen molar-refractivity contribution in [2.24, 2.45) is 0 Å². The van der Waals surface area contributed by atoms with Crippen molar-refractivity contribution < 1.29 is 23.1 Å². The number of rotatable bonds is 2. The molecule has 2 aromatic carbocycles. The lowest BCUT2D eigenvalue weighted by atomic mass is 10.2. The summed E-state index contributed by atoms with van der Waals surface area (Å²) in [5.41, 5.74) is -0.779. The van der Waals surface area contributed by atoms with Crippen molar-refractivity contribution in [3.05, 3.63) is 59.4 Å². The molecule has 0 fully saturated rings. The fourth-order valence-corrected chi connectivity index (χ4v) is 1.48. The molecule has 0 aliphatic heterocycles. The van der Waals surface area contributed by atoms with Gasteiger partial charge in [-0.2, -0.15) is 0 Å². The van der Waals surface area contributed by atoms with Crippen molar-refractivity contribution in [3.63, 3.8) is 0 Å². The number of phenols is 1. The van der Waals surface area contributed by atoms with Gasteiger partial charge in [-0.05, 0) is 24.3 Å². The van der Waals surface area contributed by atoms with Crippen LogP contribution in [-0.2, 0) is 0 Å². The first-order valence-electron chi connectivity index (χ1n) is 5.23. The lowest BCUT2D eigenvalue weighted by molar-refractivity contribution is 0.102. The molecular weight excluding hydrogens is 259 g/mol. The molecule has 0 saturated carbocycles. The summed E-state index contributed by atoms with van der Waals surface area (Å²) in [5, 5.41) is 11.1. The maximum Gasteiger partial charge on any atom is 0.258 e. The predicted molar refractivity (Wildman–Crippen MR) is 62.4 cm³/mol. The Morgan fingerprint density at radius 1 is 1.05 bits per heavy atom. The van der Waals surface area contributed by atoms with Gasteiger partial charge in [-0.15, -0.1) is 0 Å². The van der Waals surface area contributed by atoms with E-state index < -0.39 is 29.0 Å². The minimum absolute atomic E-state index is 0.342. The Labute approximate surface area is 106 Å². The maximum atomic E-state index is 13.4. The lowest BCUT2D eigenvalue weighted by Gasteiger charge is -2.07. The zero-order valence-corrected chi connectivity index (χ0v) is 9.45. The molecule has 0 saturated heterocycles. The maximum absolute atomic E-state index is 13.4. The van der Waals surface area contributed by atoms with E-state index in [4.69, 9.17) is 5.11 Å². The number of halogens is 3. The highest BCUT2D eigenvalue weighted by Gasteiger charge is 2.15. The molecular formula is C13H8F3NO2. The second kappa shape index (κ2) is 5.01. The summed E-state index contributed by atoms with van der Waals surface area (Å²) in [6.07, 6.45) is 0. The van der Waals surface area contributed by atoms with Gasteiger partial charge < -0.3 is 10.4 Å². The Morgan fingerprint density at radius 3 is 2.47 bits per heavy atom. The van der Waals surface area contributed by atoms with E-state index in [9.17, 15) is 18.0 Å². The molecule has 0 aliphatic carbocycles. The van der Waals surface area contributed by atoms with Crippen LogP contribution in [-0.4, -0.2) is 11.0 Å². The normalized spacial score (nSPS) is 10.3. The first kappa shape index (κ1) is 12.9. The van der Waals surface area contributed by atoms with Crippen molar-refractivity contribution >= 4 is 11.6 Å². The lowest BCUT2D eigenvalue weighted by Crippen LogP contribution is -2.15. The second-order valence-corrected chi connectivity index (χ2v) is 3.72. The Hall–Kier alpha value is -2.50. The van der Waals surface area contributed by atoms with Crippen molar-refractivity contribution in [1.29, 1.82) is 0 Å². The van der Waals surface area contributed by atoms with Crippen LogP contribution in [0.3, 0.4) is 0 Å². The minimum Gasteiger partial charge on any atom is -0.508 e. The average Bonchev–Trinajstić information content (AvgIpc) is 2.34. The van der Waals surface area contributed by atoms with Crippen LogP contribution in [0.5, 0.6) is 5.75 Å². The Bertz CT molecular complexity index is 644. The molecule has 0 unspecified atom stereocenters. The molecule has 2 aromatic rings. The first-order chi connectivity index (χ1) is 8.99. The van der Waals surface area contributed by atoms with Crippen molar-refractivity contribution in [3.8, 4) is 5.75 Å². The minimum atomic E-state index is -1.23. The van der Waals surface area contributed by atoms with Gasteiger partial charge in [0.05, 0.1) is 11.3 Å². The van der Waals surface area contributed by atoms with Crippen LogP contribution in [0.15, 0.2) is 36.4 Å². The number of nitrogens with one attached hydrogen (secondary N) is 1. The highest BCUT2D eigenvalue weighted by Crippen LogP contribution is 2.20. The molecule has 2 N–H and O–H groups in total. The summed E-state index contributed by atoms with van der Waals surface area (Å²) >= 11 is 0. The number of phenolic OH excluding ortho intramolecular Hbond substituents is 1. The van der Waals surface area contributed by atoms with Crippen LogP contribution in [0.4, 0.5) is 18.9 Å². The van der Waals surface area contributed by atoms with Crippen molar-refractivity contribution in [2.75, 3.05) is 5.32 Å². The van der Waals surface area contributed by atoms with Gasteiger partial charge in [0.2, 0.25) is 0 Å². The number of hydrogen-bond acceptors (Lipinski definition) is 2. The summed E-state index contributed by atoms with van der Waals surface area (Å²) in [5.74, 6) is -4.60. The van der Waals surface area contributed by atoms with E-state index in [2.05, 4.69) is 5.32 Å². The van der Waals surface area contributed by atoms with E-state index in [1.165, 1.54) is 6.07 Å². The summed E-state index contributed by atoms with van der Waals surface area (Å²) in [6.45, 7) is 0. The number of carbonyl (C=O) groups is 1. The summed E-state index contributed by atoms with van der Waals surface area (Å²) < 4.78 is 39.6. The Balaban J connectivity index is 2.28. The second-order valence-electron chi connectivity index (χ2n) is 3.72. The third-order valence-corrected chi connectivity index (χ3v) is 2.40. The molecule has 19 heavy (non-hydrogen) atoms. The SMILES string of the molecule is O=C(Nc1cccc(F)c1F)c1ccc(O)cc1F. The Kier molecular flexibility index (Phi) is 3.41. The fourth-order valence-electron chi connectivity index (χ4n) is 1.48. The van der Waals surface area contributed by atoms with E-state index >= 15 is 0 Å². The van der Waals surface area contributed by atoms with Crippen LogP contribution in [0.2, 0.25) is 0 Å². The molecule has 0 atom stereocenters. The van der Waals surface area contributed by atoms with E-state index in [1.807, 2.05) is 0 Å². The summed E-state index contributed by atoms with van der Waals surface area (Å²) in [4.78, 5) is 11.7. The largest absolute Gasteiger partial charge is 0.508 e. The number of aromatic hydroxyl groups is 1. The van der Waals surface area contributed by atoms with Crippen molar-refractivity contribution in [1.82, 2.24) is 0 Å². The zero-order chi connectivity index (χ0) is 14.0. The van der Waals surface area contributed by atoms with Gasteiger partial charge in [-0.1, -0.05) is 6.07 Å². The number of benzene rings is 2. The van der Waals surface area contributed by atoms with E-state index in [-0.39, 0.29) is 11.3 Å². The van der Waals surface area contributed by atoms with E-state index in [0.717, 1.165) is 30.3 Å². The molecule has 1 amide bonds. The predicted octanol–water partition coefficient (Wildman–Crippen LogP) is 3.06. The zero-order valence-electron chi connectivity index (χ0n) is 9.45. The van der Waals surface area contributed by atoms with Gasteiger partial charge in [-0.25, -0.2) is 13.2 Å². The van der Waals surface area contributed by atoms with Gasteiger partial charge in [0.15, 0.2) is 11.6 Å². The quantitative estimate of drug-likeness (QED) is 0.878. The molecule has 3 nitrogen and oxygen atoms in total. The molecule has 0 spiro atoms. The molecule has 2 rings (SSSR count). The first-order valence-corrected chi connectivity index (χ1v) is 5.23. The van der Waals surface area contributed by atoms with Crippen LogP contribution in [0.25, 0.3) is 0 Å². The topological polar surface area (TPSA) is 49.3 Å².